The highest BCUT2D eigenvalue weighted by atomic mass is 35.5. The fourth-order valence-corrected chi connectivity index (χ4v) is 9.90. The van der Waals surface area contributed by atoms with E-state index in [2.05, 4.69) is 86.5 Å². The van der Waals surface area contributed by atoms with Crippen molar-refractivity contribution >= 4 is 35.2 Å². The van der Waals surface area contributed by atoms with E-state index in [0.29, 0.717) is 72.6 Å². The van der Waals surface area contributed by atoms with E-state index in [0.717, 1.165) is 0 Å². The van der Waals surface area contributed by atoms with Gasteiger partial charge in [-0.25, -0.2) is 9.37 Å². The molecule has 4 heterocycles. The van der Waals surface area contributed by atoms with Crippen LogP contribution in [0.25, 0.3) is 0 Å². The maximum absolute atomic E-state index is 15.9. The van der Waals surface area contributed by atoms with Crippen LogP contribution in [-0.4, -0.2) is 106 Å². The van der Waals surface area contributed by atoms with E-state index in [9.17, 15) is 24.4 Å². The summed E-state index contributed by atoms with van der Waals surface area (Å²) < 4.78 is 22.4. The summed E-state index contributed by atoms with van der Waals surface area (Å²) in [5.41, 5.74) is 0.741. The molecule has 1 aliphatic carbocycles. The third-order valence-corrected chi connectivity index (χ3v) is 13.0. The largest absolute Gasteiger partial charge is 0.489 e. The van der Waals surface area contributed by atoms with Crippen LogP contribution >= 0.6 is 11.6 Å². The minimum atomic E-state index is -1.61. The number of nitrogens with zero attached hydrogens (tertiary/aromatic N) is 5. The normalized spacial score (nSPS) is 23.9. The monoisotopic (exact) mass is 827 g/mol. The van der Waals surface area contributed by atoms with Crippen LogP contribution in [0.15, 0.2) is 42.5 Å². The SMILES string of the molecule is C=C(C(=O)NC1CCC(=O)NC1=O)C(F)[C@H](CN1CCN(C(C)(C)C#Cc2ccc3c(n2)CN([C@H]2C(C)(C)[C@H](Oc4ccc(C#N)c(Cl)c4)C2(C)C)C3=O)CC1)C(C)C. The summed E-state index contributed by atoms with van der Waals surface area (Å²) >= 11 is 6.29. The number of amides is 4. The summed E-state index contributed by atoms with van der Waals surface area (Å²) in [4.78, 5) is 61.6. The molecule has 2 aromatic rings. The highest BCUT2D eigenvalue weighted by Crippen LogP contribution is 2.59. The number of nitrogens with one attached hydrogen (secondary N) is 2. The van der Waals surface area contributed by atoms with Crippen molar-refractivity contribution in [1.82, 2.24) is 30.3 Å². The molecule has 6 rings (SSSR count). The number of imide groups is 1. The van der Waals surface area contributed by atoms with Gasteiger partial charge < -0.3 is 19.9 Å². The summed E-state index contributed by atoms with van der Waals surface area (Å²) in [6.45, 7) is 23.8. The van der Waals surface area contributed by atoms with Crippen molar-refractivity contribution < 1.29 is 28.3 Å². The lowest BCUT2D eigenvalue weighted by Crippen LogP contribution is -2.74. The van der Waals surface area contributed by atoms with Gasteiger partial charge in [-0.1, -0.05) is 65.6 Å². The van der Waals surface area contributed by atoms with E-state index in [4.69, 9.17) is 21.3 Å². The molecule has 0 spiro atoms. The van der Waals surface area contributed by atoms with Crippen molar-refractivity contribution in [3.63, 3.8) is 0 Å². The van der Waals surface area contributed by atoms with Crippen molar-refractivity contribution in [3.05, 3.63) is 70.0 Å². The van der Waals surface area contributed by atoms with Crippen molar-refractivity contribution in [3.8, 4) is 23.7 Å². The Labute approximate surface area is 351 Å². The number of hydrogen-bond acceptors (Lipinski definition) is 9. The quantitative estimate of drug-likeness (QED) is 0.176. The van der Waals surface area contributed by atoms with E-state index >= 15 is 4.39 Å². The molecule has 1 aromatic carbocycles. The summed E-state index contributed by atoms with van der Waals surface area (Å²) in [5, 5.41) is 14.3. The van der Waals surface area contributed by atoms with E-state index < -0.39 is 52.2 Å². The van der Waals surface area contributed by atoms with Gasteiger partial charge in [0.25, 0.3) is 5.91 Å². The Hall–Kier alpha value is -4.82. The maximum Gasteiger partial charge on any atom is 0.256 e. The lowest BCUT2D eigenvalue weighted by molar-refractivity contribution is -0.199. The first-order valence-corrected chi connectivity index (χ1v) is 20.7. The average molecular weight is 828 g/mol. The Morgan fingerprint density at radius 2 is 1.80 bits per heavy atom. The molecule has 3 fully saturated rings. The predicted octanol–water partition coefficient (Wildman–Crippen LogP) is 5.28. The molecule has 2 saturated heterocycles. The van der Waals surface area contributed by atoms with E-state index in [1.807, 2.05) is 24.8 Å². The minimum absolute atomic E-state index is 0.0604. The Morgan fingerprint density at radius 1 is 1.12 bits per heavy atom. The van der Waals surface area contributed by atoms with Crippen molar-refractivity contribution in [1.29, 1.82) is 5.26 Å². The second-order valence-corrected chi connectivity index (χ2v) is 18.7. The number of rotatable bonds is 11. The fourth-order valence-electron chi connectivity index (χ4n) is 9.68. The highest BCUT2D eigenvalue weighted by molar-refractivity contribution is 6.31. The van der Waals surface area contributed by atoms with Gasteiger partial charge in [0.1, 0.15) is 35.8 Å². The first kappa shape index (κ1) is 43.8. The molecule has 59 heavy (non-hydrogen) atoms. The molecule has 4 aliphatic rings. The number of nitriles is 1. The van der Waals surface area contributed by atoms with Gasteiger partial charge in [-0.3, -0.25) is 29.4 Å². The fraction of sp³-hybridized carbons (Fsp3) is 0.556. The highest BCUT2D eigenvalue weighted by Gasteiger charge is 2.67. The summed E-state index contributed by atoms with van der Waals surface area (Å²) in [5.74, 6) is 4.93. The number of benzene rings is 1. The zero-order valence-electron chi connectivity index (χ0n) is 35.2. The lowest BCUT2D eigenvalue weighted by Gasteiger charge is -2.65. The Kier molecular flexibility index (Phi) is 12.4. The molecule has 0 bridgehead atoms. The molecule has 3 aliphatic heterocycles. The third kappa shape index (κ3) is 8.75. The van der Waals surface area contributed by atoms with E-state index in [1.54, 1.807) is 24.3 Å². The maximum atomic E-state index is 15.9. The number of aromatic nitrogens is 1. The number of carbonyl (C=O) groups is 4. The van der Waals surface area contributed by atoms with Gasteiger partial charge in [0.2, 0.25) is 17.7 Å². The summed E-state index contributed by atoms with van der Waals surface area (Å²) in [6.07, 6.45) is -1.56. The number of piperidine rings is 1. The zero-order chi connectivity index (χ0) is 43.2. The Balaban J connectivity index is 1.04. The number of carbonyl (C=O) groups excluding carboxylic acids is 4. The second kappa shape index (κ2) is 16.7. The third-order valence-electron chi connectivity index (χ3n) is 12.7. The molecule has 14 heteroatoms. The van der Waals surface area contributed by atoms with Crippen molar-refractivity contribution in [2.24, 2.45) is 22.7 Å². The number of pyridine rings is 1. The Bertz CT molecular complexity index is 2130. The molecule has 2 N–H and O–H groups in total. The molecule has 12 nitrogen and oxygen atoms in total. The molecular weight excluding hydrogens is 773 g/mol. The van der Waals surface area contributed by atoms with Gasteiger partial charge in [-0.2, -0.15) is 5.26 Å². The smallest absolute Gasteiger partial charge is 0.256 e. The first-order chi connectivity index (χ1) is 27.6. The molecule has 1 aromatic heterocycles. The molecule has 4 amide bonds. The van der Waals surface area contributed by atoms with Crippen LogP contribution in [0, 0.1) is 45.8 Å². The van der Waals surface area contributed by atoms with Crippen LogP contribution in [0.2, 0.25) is 5.02 Å². The molecule has 3 atom stereocenters. The number of hydrogen-bond donors (Lipinski definition) is 2. The Morgan fingerprint density at radius 3 is 2.41 bits per heavy atom. The summed E-state index contributed by atoms with van der Waals surface area (Å²) in [7, 11) is 0. The van der Waals surface area contributed by atoms with Gasteiger partial charge in [0.05, 0.1) is 33.9 Å². The van der Waals surface area contributed by atoms with Gasteiger partial charge >= 0.3 is 0 Å². The van der Waals surface area contributed by atoms with Crippen LogP contribution in [-0.2, 0) is 20.9 Å². The number of alkyl halides is 1. The van der Waals surface area contributed by atoms with Crippen LogP contribution in [0.5, 0.6) is 5.75 Å². The lowest BCUT2D eigenvalue weighted by atomic mass is 9.49. The van der Waals surface area contributed by atoms with Crippen LogP contribution < -0.4 is 15.4 Å². The minimum Gasteiger partial charge on any atom is -0.489 e. The first-order valence-electron chi connectivity index (χ1n) is 20.3. The standard InChI is InChI=1S/C45H55ClFN7O5/c1-26(2)32(37(47)27(3)38(56)50-34-14-15-36(55)51-39(34)57)24-52-18-20-53(21-19-52)43(4,5)17-16-29-11-13-31-35(49-29)25-54(40(31)58)41-44(6,7)42(45(41,8)9)59-30-12-10-28(23-48)33(46)22-30/h10-13,22,26,32,34,37,41-42H,3,14-15,18-21,24-25H2,1-2,4-9H3,(H,50,56)(H,51,55,57)/t32-,34?,37?,41-,42-/m1/s1. The van der Waals surface area contributed by atoms with Gasteiger partial charge in [0, 0.05) is 73.6 Å². The number of ether oxygens (including phenoxy) is 1. The topological polar surface area (TPSA) is 148 Å². The van der Waals surface area contributed by atoms with Gasteiger partial charge in [0.15, 0.2) is 0 Å². The molecular formula is C45H55ClFN7O5. The van der Waals surface area contributed by atoms with Crippen molar-refractivity contribution in [2.45, 2.75) is 105 Å². The van der Waals surface area contributed by atoms with Gasteiger partial charge in [-0.15, -0.1) is 0 Å². The van der Waals surface area contributed by atoms with Crippen LogP contribution in [0.4, 0.5) is 4.39 Å². The zero-order valence-corrected chi connectivity index (χ0v) is 36.0. The number of piperazine rings is 1. The molecule has 1 saturated carbocycles. The number of fused-ring (bicyclic) bond motifs is 1. The predicted molar refractivity (Wildman–Crippen MR) is 222 cm³/mol. The molecule has 314 valence electrons. The summed E-state index contributed by atoms with van der Waals surface area (Å²) in [6, 6.07) is 9.73. The van der Waals surface area contributed by atoms with E-state index in [1.165, 1.54) is 0 Å². The molecule has 0 radical (unpaired) electrons. The van der Waals surface area contributed by atoms with E-state index in [-0.39, 0.29) is 42.4 Å². The van der Waals surface area contributed by atoms with Crippen LogP contribution in [0.3, 0.4) is 0 Å². The van der Waals surface area contributed by atoms with Gasteiger partial charge in [-0.05, 0) is 56.4 Å². The number of halogens is 2. The van der Waals surface area contributed by atoms with Crippen molar-refractivity contribution in [2.75, 3.05) is 32.7 Å². The second-order valence-electron chi connectivity index (χ2n) is 18.3. The molecule has 2 unspecified atom stereocenters. The average Bonchev–Trinajstić information content (AvgIpc) is 3.49. The van der Waals surface area contributed by atoms with Crippen LogP contribution in [0.1, 0.15) is 95.5 Å².